The number of aromatic nitrogens is 1. The zero-order valence-electron chi connectivity index (χ0n) is 10.7. The van der Waals surface area contributed by atoms with E-state index in [2.05, 4.69) is 29.0 Å². The van der Waals surface area contributed by atoms with Crippen molar-refractivity contribution < 1.29 is 0 Å². The van der Waals surface area contributed by atoms with Gasteiger partial charge in [0.15, 0.2) is 0 Å². The number of nitrogens with one attached hydrogen (secondary N) is 1. The third-order valence-electron chi connectivity index (χ3n) is 3.40. The van der Waals surface area contributed by atoms with Crippen LogP contribution in [0.2, 0.25) is 0 Å². The molecule has 0 unspecified atom stereocenters. The Morgan fingerprint density at radius 2 is 2.06 bits per heavy atom. The van der Waals surface area contributed by atoms with Gasteiger partial charge in [-0.1, -0.05) is 0 Å². The Labute approximate surface area is 103 Å². The van der Waals surface area contributed by atoms with Crippen LogP contribution in [0.3, 0.4) is 0 Å². The lowest BCUT2D eigenvalue weighted by atomic mass is 10.0. The summed E-state index contributed by atoms with van der Waals surface area (Å²) in [5, 5.41) is 3.47. The Balaban J connectivity index is 1.84. The van der Waals surface area contributed by atoms with Crippen molar-refractivity contribution in [2.75, 3.05) is 24.1 Å². The van der Waals surface area contributed by atoms with E-state index in [1.54, 1.807) is 6.20 Å². The summed E-state index contributed by atoms with van der Waals surface area (Å²) in [6.45, 7) is 6.86. The van der Waals surface area contributed by atoms with Gasteiger partial charge < -0.3 is 16.0 Å². The molecule has 1 aliphatic heterocycles. The third-order valence-corrected chi connectivity index (χ3v) is 3.40. The van der Waals surface area contributed by atoms with Crippen LogP contribution in [0.4, 0.5) is 11.5 Å². The Morgan fingerprint density at radius 1 is 1.35 bits per heavy atom. The van der Waals surface area contributed by atoms with Gasteiger partial charge in [0.1, 0.15) is 5.82 Å². The molecule has 1 aromatic rings. The van der Waals surface area contributed by atoms with Crippen molar-refractivity contribution in [3.05, 3.63) is 18.3 Å². The number of likely N-dealkylation sites (tertiary alicyclic amines) is 1. The van der Waals surface area contributed by atoms with Gasteiger partial charge in [0.05, 0.1) is 11.9 Å². The highest BCUT2D eigenvalue weighted by Crippen LogP contribution is 2.17. The molecule has 1 saturated heterocycles. The van der Waals surface area contributed by atoms with Crippen molar-refractivity contribution >= 4 is 11.5 Å². The summed E-state index contributed by atoms with van der Waals surface area (Å²) in [5.74, 6) is 0.933. The van der Waals surface area contributed by atoms with Gasteiger partial charge in [0.2, 0.25) is 0 Å². The van der Waals surface area contributed by atoms with Crippen LogP contribution >= 0.6 is 0 Å². The number of nitrogens with zero attached hydrogens (tertiary/aromatic N) is 2. The minimum absolute atomic E-state index is 0.543. The Bertz CT molecular complexity index is 339. The van der Waals surface area contributed by atoms with Gasteiger partial charge in [-0.05, 0) is 38.8 Å². The van der Waals surface area contributed by atoms with Gasteiger partial charge in [-0.3, -0.25) is 0 Å². The Morgan fingerprint density at radius 3 is 2.59 bits per heavy atom. The molecule has 4 heteroatoms. The molecule has 0 atom stereocenters. The molecule has 1 aromatic heterocycles. The molecule has 2 rings (SSSR count). The zero-order chi connectivity index (χ0) is 12.3. The Kier molecular flexibility index (Phi) is 3.84. The molecule has 1 aliphatic rings. The van der Waals surface area contributed by atoms with Crippen LogP contribution < -0.4 is 11.1 Å². The monoisotopic (exact) mass is 234 g/mol. The summed E-state index contributed by atoms with van der Waals surface area (Å²) in [4.78, 5) is 6.80. The number of nitrogens with two attached hydrogens (primary N) is 1. The third kappa shape index (κ3) is 3.33. The average Bonchev–Trinajstić information content (AvgIpc) is 2.33. The number of piperidine rings is 1. The molecule has 0 saturated carbocycles. The quantitative estimate of drug-likeness (QED) is 0.839. The van der Waals surface area contributed by atoms with Crippen molar-refractivity contribution in [2.45, 2.75) is 38.8 Å². The van der Waals surface area contributed by atoms with Crippen molar-refractivity contribution in [1.29, 1.82) is 0 Å². The van der Waals surface area contributed by atoms with E-state index in [4.69, 9.17) is 5.73 Å². The Hall–Kier alpha value is -1.29. The molecule has 0 spiro atoms. The van der Waals surface area contributed by atoms with Crippen LogP contribution in [0.15, 0.2) is 18.3 Å². The smallest absolute Gasteiger partial charge is 0.126 e. The summed E-state index contributed by atoms with van der Waals surface area (Å²) in [5.41, 5.74) is 6.33. The molecule has 0 radical (unpaired) electrons. The van der Waals surface area contributed by atoms with E-state index in [0.717, 1.165) is 5.82 Å². The molecule has 0 aromatic carbocycles. The summed E-state index contributed by atoms with van der Waals surface area (Å²) >= 11 is 0. The molecule has 0 aliphatic carbocycles. The second-order valence-electron chi connectivity index (χ2n) is 5.03. The van der Waals surface area contributed by atoms with Crippen molar-refractivity contribution in [2.24, 2.45) is 0 Å². The van der Waals surface area contributed by atoms with Crippen molar-refractivity contribution in [1.82, 2.24) is 9.88 Å². The first kappa shape index (κ1) is 12.2. The fourth-order valence-corrected chi connectivity index (χ4v) is 2.26. The van der Waals surface area contributed by atoms with E-state index in [1.807, 2.05) is 12.1 Å². The second-order valence-corrected chi connectivity index (χ2v) is 5.03. The molecule has 0 amide bonds. The molecule has 3 N–H and O–H groups in total. The van der Waals surface area contributed by atoms with E-state index in [0.29, 0.717) is 17.8 Å². The first-order chi connectivity index (χ1) is 8.15. The largest absolute Gasteiger partial charge is 0.397 e. The van der Waals surface area contributed by atoms with Gasteiger partial charge in [-0.25, -0.2) is 4.98 Å². The highest BCUT2D eigenvalue weighted by molar-refractivity contribution is 5.44. The van der Waals surface area contributed by atoms with Crippen LogP contribution in [0.1, 0.15) is 26.7 Å². The van der Waals surface area contributed by atoms with Gasteiger partial charge in [0.25, 0.3) is 0 Å². The normalized spacial score (nSPS) is 18.5. The lowest BCUT2D eigenvalue weighted by Gasteiger charge is -2.35. The van der Waals surface area contributed by atoms with Crippen LogP contribution in [-0.4, -0.2) is 35.1 Å². The molecule has 17 heavy (non-hydrogen) atoms. The number of anilines is 2. The van der Waals surface area contributed by atoms with Crippen LogP contribution in [0, 0.1) is 0 Å². The zero-order valence-corrected chi connectivity index (χ0v) is 10.7. The van der Waals surface area contributed by atoms with Crippen LogP contribution in [-0.2, 0) is 0 Å². The minimum Gasteiger partial charge on any atom is -0.397 e. The van der Waals surface area contributed by atoms with Crippen molar-refractivity contribution in [3.63, 3.8) is 0 Å². The van der Waals surface area contributed by atoms with E-state index < -0.39 is 0 Å². The highest BCUT2D eigenvalue weighted by Gasteiger charge is 2.20. The van der Waals surface area contributed by atoms with Crippen molar-refractivity contribution in [3.8, 4) is 0 Å². The predicted octanol–water partition coefficient (Wildman–Crippen LogP) is 1.95. The molecular formula is C13H22N4. The van der Waals surface area contributed by atoms with Gasteiger partial charge in [-0.15, -0.1) is 0 Å². The fraction of sp³-hybridized carbons (Fsp3) is 0.615. The lowest BCUT2D eigenvalue weighted by molar-refractivity contribution is 0.177. The number of hydrogen-bond acceptors (Lipinski definition) is 4. The summed E-state index contributed by atoms with van der Waals surface area (Å²) in [6, 6.07) is 5.04. The molecular weight excluding hydrogens is 212 g/mol. The topological polar surface area (TPSA) is 54.2 Å². The number of rotatable bonds is 3. The first-order valence-electron chi connectivity index (χ1n) is 6.37. The summed E-state index contributed by atoms with van der Waals surface area (Å²) in [7, 11) is 0. The molecule has 0 bridgehead atoms. The highest BCUT2D eigenvalue weighted by atomic mass is 15.2. The molecule has 2 heterocycles. The first-order valence-corrected chi connectivity index (χ1v) is 6.37. The number of nitrogen functional groups attached to an aromatic ring is 1. The maximum Gasteiger partial charge on any atom is 0.126 e. The maximum atomic E-state index is 5.61. The van der Waals surface area contributed by atoms with E-state index in [9.17, 15) is 0 Å². The molecule has 1 fully saturated rings. The molecule has 4 nitrogen and oxygen atoms in total. The van der Waals surface area contributed by atoms with Gasteiger partial charge in [0, 0.05) is 25.2 Å². The average molecular weight is 234 g/mol. The number of pyridine rings is 1. The summed E-state index contributed by atoms with van der Waals surface area (Å²) in [6.07, 6.45) is 4.07. The maximum absolute atomic E-state index is 5.61. The van der Waals surface area contributed by atoms with Gasteiger partial charge >= 0.3 is 0 Å². The molecule has 94 valence electrons. The van der Waals surface area contributed by atoms with E-state index in [1.165, 1.54) is 25.9 Å². The predicted molar refractivity (Wildman–Crippen MR) is 72.0 cm³/mol. The van der Waals surface area contributed by atoms with Crippen LogP contribution in [0.5, 0.6) is 0 Å². The lowest BCUT2D eigenvalue weighted by Crippen LogP contribution is -2.42. The SMILES string of the molecule is CC(C)N1CCC(Nc2ccc(N)cn2)CC1. The minimum atomic E-state index is 0.543. The van der Waals surface area contributed by atoms with E-state index >= 15 is 0 Å². The summed E-state index contributed by atoms with van der Waals surface area (Å²) < 4.78 is 0. The fourth-order valence-electron chi connectivity index (χ4n) is 2.26. The standard InChI is InChI=1S/C13H22N4/c1-10(2)17-7-5-12(6-8-17)16-13-4-3-11(14)9-15-13/h3-4,9-10,12H,5-8,14H2,1-2H3,(H,15,16). The second kappa shape index (κ2) is 5.36. The number of hydrogen-bond donors (Lipinski definition) is 2. The van der Waals surface area contributed by atoms with Crippen LogP contribution in [0.25, 0.3) is 0 Å². The van der Waals surface area contributed by atoms with Gasteiger partial charge in [-0.2, -0.15) is 0 Å². The van der Waals surface area contributed by atoms with E-state index in [-0.39, 0.29) is 0 Å².